The van der Waals surface area contributed by atoms with Crippen LogP contribution in [0.5, 0.6) is 11.6 Å². The second-order valence-electron chi connectivity index (χ2n) is 7.59. The van der Waals surface area contributed by atoms with Gasteiger partial charge in [-0.05, 0) is 35.0 Å². The lowest BCUT2D eigenvalue weighted by molar-refractivity contribution is 0.0746. The van der Waals surface area contributed by atoms with Crippen molar-refractivity contribution in [3.63, 3.8) is 0 Å². The first-order chi connectivity index (χ1) is 15.7. The normalized spacial score (nSPS) is 13.9. The van der Waals surface area contributed by atoms with Gasteiger partial charge in [0.15, 0.2) is 11.6 Å². The van der Waals surface area contributed by atoms with E-state index in [2.05, 4.69) is 14.9 Å². The van der Waals surface area contributed by atoms with E-state index < -0.39 is 5.82 Å². The van der Waals surface area contributed by atoms with Crippen LogP contribution in [-0.4, -0.2) is 47.0 Å². The SMILES string of the molecule is O=C(c1ccc2ccccc2c1)N1CCN(c2cc(Oc3ccccc3F)ncn2)CC1. The molecule has 6 nitrogen and oxygen atoms in total. The second kappa shape index (κ2) is 8.63. The molecule has 1 saturated heterocycles. The molecule has 1 aromatic heterocycles. The van der Waals surface area contributed by atoms with E-state index in [1.54, 1.807) is 24.3 Å². The lowest BCUT2D eigenvalue weighted by Crippen LogP contribution is -2.49. The minimum atomic E-state index is -0.450. The Labute approximate surface area is 184 Å². The summed E-state index contributed by atoms with van der Waals surface area (Å²) >= 11 is 0. The van der Waals surface area contributed by atoms with Crippen molar-refractivity contribution in [2.45, 2.75) is 0 Å². The molecule has 32 heavy (non-hydrogen) atoms. The highest BCUT2D eigenvalue weighted by atomic mass is 19.1. The summed E-state index contributed by atoms with van der Waals surface area (Å²) in [5.74, 6) is 0.650. The van der Waals surface area contributed by atoms with Crippen molar-refractivity contribution in [1.82, 2.24) is 14.9 Å². The molecular formula is C25H21FN4O2. The molecule has 2 heterocycles. The quantitative estimate of drug-likeness (QED) is 0.478. The summed E-state index contributed by atoms with van der Waals surface area (Å²) in [5, 5.41) is 2.17. The van der Waals surface area contributed by atoms with Gasteiger partial charge in [-0.15, -0.1) is 0 Å². The third-order valence-electron chi connectivity index (χ3n) is 5.57. The van der Waals surface area contributed by atoms with Crippen molar-refractivity contribution >= 4 is 22.5 Å². The molecule has 4 aromatic rings. The Hall–Kier alpha value is -4.00. The van der Waals surface area contributed by atoms with E-state index >= 15 is 0 Å². The molecule has 0 bridgehead atoms. The number of hydrogen-bond donors (Lipinski definition) is 0. The van der Waals surface area contributed by atoms with Crippen LogP contribution in [0.1, 0.15) is 10.4 Å². The lowest BCUT2D eigenvalue weighted by Gasteiger charge is -2.35. The van der Waals surface area contributed by atoms with Crippen molar-refractivity contribution in [3.05, 3.63) is 90.5 Å². The molecule has 0 atom stereocenters. The zero-order chi connectivity index (χ0) is 21.9. The van der Waals surface area contributed by atoms with Gasteiger partial charge in [0.05, 0.1) is 0 Å². The maximum atomic E-state index is 13.9. The largest absolute Gasteiger partial charge is 0.436 e. The van der Waals surface area contributed by atoms with Gasteiger partial charge in [0.25, 0.3) is 5.91 Å². The smallest absolute Gasteiger partial charge is 0.253 e. The van der Waals surface area contributed by atoms with Gasteiger partial charge in [0.1, 0.15) is 12.1 Å². The van der Waals surface area contributed by atoms with Gasteiger partial charge in [-0.2, -0.15) is 0 Å². The van der Waals surface area contributed by atoms with Crippen LogP contribution in [0, 0.1) is 5.82 Å². The maximum absolute atomic E-state index is 13.9. The highest BCUT2D eigenvalue weighted by Gasteiger charge is 2.23. The van der Waals surface area contributed by atoms with E-state index in [-0.39, 0.29) is 17.5 Å². The Morgan fingerprint density at radius 1 is 0.844 bits per heavy atom. The Kier molecular flexibility index (Phi) is 5.37. The van der Waals surface area contributed by atoms with Crippen LogP contribution in [0.3, 0.4) is 0 Å². The Morgan fingerprint density at radius 2 is 1.59 bits per heavy atom. The van der Waals surface area contributed by atoms with Crippen LogP contribution in [-0.2, 0) is 0 Å². The monoisotopic (exact) mass is 428 g/mol. The molecule has 0 unspecified atom stereocenters. The highest BCUT2D eigenvalue weighted by molar-refractivity contribution is 5.98. The number of nitrogens with zero attached hydrogens (tertiary/aromatic N) is 4. The summed E-state index contributed by atoms with van der Waals surface area (Å²) < 4.78 is 19.4. The summed E-state index contributed by atoms with van der Waals surface area (Å²) in [7, 11) is 0. The van der Waals surface area contributed by atoms with Crippen LogP contribution in [0.4, 0.5) is 10.2 Å². The number of aromatic nitrogens is 2. The number of halogens is 1. The molecule has 5 rings (SSSR count). The molecule has 160 valence electrons. The Balaban J connectivity index is 1.25. The minimum Gasteiger partial charge on any atom is -0.436 e. The number of benzene rings is 3. The predicted molar refractivity (Wildman–Crippen MR) is 121 cm³/mol. The molecule has 1 fully saturated rings. The number of carbonyl (C=O) groups excluding carboxylic acids is 1. The van der Waals surface area contributed by atoms with E-state index in [1.165, 1.54) is 12.4 Å². The number of fused-ring (bicyclic) bond motifs is 1. The fraction of sp³-hybridized carbons (Fsp3) is 0.160. The number of rotatable bonds is 4. The number of para-hydroxylation sites is 1. The Morgan fingerprint density at radius 3 is 2.41 bits per heavy atom. The molecule has 1 amide bonds. The molecule has 7 heteroatoms. The highest BCUT2D eigenvalue weighted by Crippen LogP contribution is 2.25. The van der Waals surface area contributed by atoms with Crippen LogP contribution in [0.25, 0.3) is 10.8 Å². The molecule has 0 radical (unpaired) electrons. The van der Waals surface area contributed by atoms with E-state index in [1.807, 2.05) is 47.4 Å². The van der Waals surface area contributed by atoms with Crippen molar-refractivity contribution in [1.29, 1.82) is 0 Å². The first-order valence-electron chi connectivity index (χ1n) is 10.4. The fourth-order valence-corrected chi connectivity index (χ4v) is 3.84. The van der Waals surface area contributed by atoms with E-state index in [0.29, 0.717) is 37.6 Å². The van der Waals surface area contributed by atoms with Gasteiger partial charge in [-0.25, -0.2) is 14.4 Å². The maximum Gasteiger partial charge on any atom is 0.253 e. The van der Waals surface area contributed by atoms with Crippen molar-refractivity contribution < 1.29 is 13.9 Å². The number of anilines is 1. The average Bonchev–Trinajstić information content (AvgIpc) is 2.85. The molecule has 1 aliphatic heterocycles. The van der Waals surface area contributed by atoms with E-state index in [0.717, 1.165) is 10.8 Å². The molecule has 0 spiro atoms. The third-order valence-corrected chi connectivity index (χ3v) is 5.57. The lowest BCUT2D eigenvalue weighted by atomic mass is 10.1. The summed E-state index contributed by atoms with van der Waals surface area (Å²) in [6.07, 6.45) is 1.40. The number of carbonyl (C=O) groups is 1. The second-order valence-corrected chi connectivity index (χ2v) is 7.59. The van der Waals surface area contributed by atoms with Gasteiger partial charge in [0.2, 0.25) is 5.88 Å². The zero-order valence-corrected chi connectivity index (χ0v) is 17.3. The van der Waals surface area contributed by atoms with Crippen LogP contribution in [0.2, 0.25) is 0 Å². The topological polar surface area (TPSA) is 58.6 Å². The predicted octanol–water partition coefficient (Wildman–Crippen LogP) is 4.52. The average molecular weight is 428 g/mol. The standard InChI is InChI=1S/C25H21FN4O2/c26-21-7-3-4-8-22(21)32-24-16-23(27-17-28-24)29-11-13-30(14-12-29)25(31)20-10-9-18-5-1-2-6-19(18)15-20/h1-10,15-17H,11-14H2. The van der Waals surface area contributed by atoms with Crippen molar-refractivity contribution in [2.75, 3.05) is 31.1 Å². The zero-order valence-electron chi connectivity index (χ0n) is 17.3. The van der Waals surface area contributed by atoms with Crippen LogP contribution < -0.4 is 9.64 Å². The molecule has 3 aromatic carbocycles. The first kappa shape index (κ1) is 19.9. The van der Waals surface area contributed by atoms with Gasteiger partial charge in [-0.3, -0.25) is 4.79 Å². The van der Waals surface area contributed by atoms with E-state index in [4.69, 9.17) is 4.74 Å². The minimum absolute atomic E-state index is 0.0293. The number of piperazine rings is 1. The summed E-state index contributed by atoms with van der Waals surface area (Å²) in [4.78, 5) is 25.3. The summed E-state index contributed by atoms with van der Waals surface area (Å²) in [5.41, 5.74) is 0.694. The van der Waals surface area contributed by atoms with E-state index in [9.17, 15) is 9.18 Å². The third kappa shape index (κ3) is 4.09. The van der Waals surface area contributed by atoms with Crippen LogP contribution in [0.15, 0.2) is 79.1 Å². The van der Waals surface area contributed by atoms with Gasteiger partial charge in [-0.1, -0.05) is 42.5 Å². The summed E-state index contributed by atoms with van der Waals surface area (Å²) in [6.45, 7) is 2.43. The van der Waals surface area contributed by atoms with Crippen molar-refractivity contribution in [2.24, 2.45) is 0 Å². The van der Waals surface area contributed by atoms with Crippen molar-refractivity contribution in [3.8, 4) is 11.6 Å². The molecular weight excluding hydrogens is 407 g/mol. The Bertz CT molecular complexity index is 1270. The number of ether oxygens (including phenoxy) is 1. The molecule has 0 saturated carbocycles. The number of hydrogen-bond acceptors (Lipinski definition) is 5. The van der Waals surface area contributed by atoms with Gasteiger partial charge >= 0.3 is 0 Å². The molecule has 0 N–H and O–H groups in total. The van der Waals surface area contributed by atoms with Gasteiger partial charge in [0, 0.05) is 37.8 Å². The molecule has 0 aliphatic carbocycles. The van der Waals surface area contributed by atoms with Gasteiger partial charge < -0.3 is 14.5 Å². The fourth-order valence-electron chi connectivity index (χ4n) is 3.84. The summed E-state index contributed by atoms with van der Waals surface area (Å²) in [6, 6.07) is 21.7. The van der Waals surface area contributed by atoms with Crippen LogP contribution >= 0.6 is 0 Å². The number of amides is 1. The first-order valence-corrected chi connectivity index (χ1v) is 10.4. The molecule has 1 aliphatic rings.